The number of hydrogen-bond acceptors (Lipinski definition) is 4. The largest absolute Gasteiger partial charge is 0.433 e. The predicted molar refractivity (Wildman–Crippen MR) is 105 cm³/mol. The SMILES string of the molecule is O=c1[nH]c2ccc(-c3c(-c4ccccc4)nn4cnc(C(F)(F)F)cc34)cc2s1. The zero-order valence-electron chi connectivity index (χ0n) is 14.6. The summed E-state index contributed by atoms with van der Waals surface area (Å²) >= 11 is 1.05. The summed E-state index contributed by atoms with van der Waals surface area (Å²) in [4.78, 5) is 17.7. The zero-order chi connectivity index (χ0) is 20.2. The summed E-state index contributed by atoms with van der Waals surface area (Å²) in [6.07, 6.45) is -3.50. The van der Waals surface area contributed by atoms with Gasteiger partial charge in [-0.15, -0.1) is 0 Å². The molecule has 0 atom stereocenters. The van der Waals surface area contributed by atoms with Crippen molar-refractivity contribution in [3.05, 3.63) is 76.3 Å². The van der Waals surface area contributed by atoms with Crippen LogP contribution < -0.4 is 4.87 Å². The van der Waals surface area contributed by atoms with Gasteiger partial charge in [0.2, 0.25) is 0 Å². The van der Waals surface area contributed by atoms with E-state index in [0.29, 0.717) is 22.3 Å². The molecule has 3 aromatic heterocycles. The van der Waals surface area contributed by atoms with Gasteiger partial charge in [0.15, 0.2) is 0 Å². The highest BCUT2D eigenvalue weighted by molar-refractivity contribution is 7.16. The molecule has 5 rings (SSSR count). The molecule has 0 unspecified atom stereocenters. The van der Waals surface area contributed by atoms with Gasteiger partial charge in [-0.2, -0.15) is 18.3 Å². The number of nitrogens with zero attached hydrogens (tertiary/aromatic N) is 3. The molecule has 0 radical (unpaired) electrons. The van der Waals surface area contributed by atoms with Gasteiger partial charge in [0, 0.05) is 11.1 Å². The lowest BCUT2D eigenvalue weighted by Gasteiger charge is -2.07. The van der Waals surface area contributed by atoms with E-state index in [2.05, 4.69) is 15.1 Å². The van der Waals surface area contributed by atoms with Crippen LogP contribution >= 0.6 is 11.3 Å². The number of aromatic nitrogens is 4. The molecule has 144 valence electrons. The summed E-state index contributed by atoms with van der Waals surface area (Å²) in [6, 6.07) is 15.5. The van der Waals surface area contributed by atoms with E-state index in [1.165, 1.54) is 4.52 Å². The van der Waals surface area contributed by atoms with Crippen molar-refractivity contribution < 1.29 is 13.2 Å². The molecule has 5 nitrogen and oxygen atoms in total. The minimum absolute atomic E-state index is 0.191. The molecule has 1 N–H and O–H groups in total. The second-order valence-electron chi connectivity index (χ2n) is 6.42. The Kier molecular flexibility index (Phi) is 3.82. The van der Waals surface area contributed by atoms with Crippen molar-refractivity contribution in [1.82, 2.24) is 19.6 Å². The van der Waals surface area contributed by atoms with Crippen LogP contribution in [0.5, 0.6) is 0 Å². The Balaban J connectivity index is 1.85. The fourth-order valence-electron chi connectivity index (χ4n) is 3.30. The number of H-pyrrole nitrogens is 1. The number of aromatic amines is 1. The lowest BCUT2D eigenvalue weighted by atomic mass is 9.99. The fraction of sp³-hybridized carbons (Fsp3) is 0.0500. The normalized spacial score (nSPS) is 12.1. The van der Waals surface area contributed by atoms with Gasteiger partial charge in [0.1, 0.15) is 17.7 Å². The average Bonchev–Trinajstić information content (AvgIpc) is 3.26. The Labute approximate surface area is 165 Å². The van der Waals surface area contributed by atoms with Crippen molar-refractivity contribution in [3.8, 4) is 22.4 Å². The first-order valence-corrected chi connectivity index (χ1v) is 9.36. The van der Waals surface area contributed by atoms with E-state index in [-0.39, 0.29) is 10.4 Å². The van der Waals surface area contributed by atoms with Crippen molar-refractivity contribution in [2.45, 2.75) is 6.18 Å². The molecular weight excluding hydrogens is 401 g/mol. The Bertz CT molecular complexity index is 1420. The first-order valence-electron chi connectivity index (χ1n) is 8.54. The third-order valence-electron chi connectivity index (χ3n) is 4.57. The Morgan fingerprint density at radius 3 is 2.55 bits per heavy atom. The number of benzene rings is 2. The molecule has 0 amide bonds. The van der Waals surface area contributed by atoms with Gasteiger partial charge in [-0.1, -0.05) is 47.7 Å². The molecule has 29 heavy (non-hydrogen) atoms. The van der Waals surface area contributed by atoms with Crippen LogP contribution in [0.4, 0.5) is 13.2 Å². The highest BCUT2D eigenvalue weighted by atomic mass is 32.1. The summed E-state index contributed by atoms with van der Waals surface area (Å²) in [5, 5.41) is 4.49. The van der Waals surface area contributed by atoms with Crippen LogP contribution in [0.3, 0.4) is 0 Å². The zero-order valence-corrected chi connectivity index (χ0v) is 15.4. The van der Waals surface area contributed by atoms with Crippen molar-refractivity contribution in [1.29, 1.82) is 0 Å². The summed E-state index contributed by atoms with van der Waals surface area (Å²) in [5.41, 5.74) is 2.49. The maximum atomic E-state index is 13.3. The van der Waals surface area contributed by atoms with E-state index in [1.807, 2.05) is 30.3 Å². The first kappa shape index (κ1) is 17.6. The number of halogens is 3. The standard InChI is InChI=1S/C20H11F3N4OS/c21-20(22,23)16-9-14-17(12-6-7-13-15(8-12)29-19(28)25-13)18(26-27(14)10-24-16)11-4-2-1-3-5-11/h1-10H,(H,25,28). The molecule has 0 saturated heterocycles. The summed E-state index contributed by atoms with van der Waals surface area (Å²) < 4.78 is 41.8. The Morgan fingerprint density at radius 1 is 1.00 bits per heavy atom. The summed E-state index contributed by atoms with van der Waals surface area (Å²) in [7, 11) is 0. The maximum absolute atomic E-state index is 13.3. The second kappa shape index (κ2) is 6.28. The minimum atomic E-state index is -4.57. The van der Waals surface area contributed by atoms with Gasteiger partial charge in [-0.3, -0.25) is 4.79 Å². The van der Waals surface area contributed by atoms with Crippen LogP contribution in [-0.2, 0) is 6.18 Å². The van der Waals surface area contributed by atoms with Crippen LogP contribution in [0, 0.1) is 0 Å². The van der Waals surface area contributed by atoms with E-state index in [0.717, 1.165) is 34.0 Å². The number of rotatable bonds is 2. The fourth-order valence-corrected chi connectivity index (χ4v) is 4.07. The van der Waals surface area contributed by atoms with Gasteiger partial charge in [-0.25, -0.2) is 9.50 Å². The quantitative estimate of drug-likeness (QED) is 0.445. The van der Waals surface area contributed by atoms with Crippen molar-refractivity contribution in [2.75, 3.05) is 0 Å². The second-order valence-corrected chi connectivity index (χ2v) is 7.43. The van der Waals surface area contributed by atoms with Crippen molar-refractivity contribution in [3.63, 3.8) is 0 Å². The predicted octanol–water partition coefficient (Wildman–Crippen LogP) is 4.99. The van der Waals surface area contributed by atoms with E-state index in [9.17, 15) is 18.0 Å². The summed E-state index contributed by atoms with van der Waals surface area (Å²) in [6.45, 7) is 0. The van der Waals surface area contributed by atoms with Crippen molar-refractivity contribution in [2.24, 2.45) is 0 Å². The highest BCUT2D eigenvalue weighted by Crippen LogP contribution is 2.38. The minimum Gasteiger partial charge on any atom is -0.312 e. The number of hydrogen-bond donors (Lipinski definition) is 1. The highest BCUT2D eigenvalue weighted by Gasteiger charge is 2.33. The molecule has 0 fully saturated rings. The number of thiazole rings is 1. The topological polar surface area (TPSA) is 63.0 Å². The van der Waals surface area contributed by atoms with Crippen LogP contribution in [0.25, 0.3) is 38.1 Å². The van der Waals surface area contributed by atoms with Crippen LogP contribution in [0.1, 0.15) is 5.69 Å². The van der Waals surface area contributed by atoms with Crippen LogP contribution in [0.15, 0.2) is 65.7 Å². The smallest absolute Gasteiger partial charge is 0.312 e. The van der Waals surface area contributed by atoms with Gasteiger partial charge >= 0.3 is 11.0 Å². The van der Waals surface area contributed by atoms with Gasteiger partial charge in [0.05, 0.1) is 15.7 Å². The lowest BCUT2D eigenvalue weighted by molar-refractivity contribution is -0.141. The Hall–Kier alpha value is -3.46. The molecule has 5 aromatic rings. The van der Waals surface area contributed by atoms with E-state index in [4.69, 9.17) is 0 Å². The first-order chi connectivity index (χ1) is 13.9. The molecule has 0 aliphatic carbocycles. The number of nitrogens with one attached hydrogen (secondary N) is 1. The van der Waals surface area contributed by atoms with Gasteiger partial charge in [0.25, 0.3) is 0 Å². The molecule has 2 aromatic carbocycles. The Morgan fingerprint density at radius 2 is 1.79 bits per heavy atom. The van der Waals surface area contributed by atoms with E-state index < -0.39 is 11.9 Å². The third kappa shape index (κ3) is 2.99. The van der Waals surface area contributed by atoms with E-state index >= 15 is 0 Å². The van der Waals surface area contributed by atoms with Crippen LogP contribution in [-0.4, -0.2) is 19.6 Å². The maximum Gasteiger partial charge on any atom is 0.433 e. The van der Waals surface area contributed by atoms with Gasteiger partial charge < -0.3 is 4.98 Å². The molecular formula is C20H11F3N4OS. The van der Waals surface area contributed by atoms with Crippen LogP contribution in [0.2, 0.25) is 0 Å². The molecule has 9 heteroatoms. The van der Waals surface area contributed by atoms with E-state index in [1.54, 1.807) is 18.2 Å². The molecule has 0 aliphatic rings. The molecule has 0 aliphatic heterocycles. The average molecular weight is 412 g/mol. The monoisotopic (exact) mass is 412 g/mol. The molecule has 0 saturated carbocycles. The third-order valence-corrected chi connectivity index (χ3v) is 5.42. The molecule has 0 spiro atoms. The molecule has 0 bridgehead atoms. The van der Waals surface area contributed by atoms with Crippen molar-refractivity contribution >= 4 is 27.1 Å². The summed E-state index contributed by atoms with van der Waals surface area (Å²) in [5.74, 6) is 0. The number of fused-ring (bicyclic) bond motifs is 2. The number of alkyl halides is 3. The van der Waals surface area contributed by atoms with Gasteiger partial charge in [-0.05, 0) is 23.8 Å². The molecule has 3 heterocycles. The lowest BCUT2D eigenvalue weighted by Crippen LogP contribution is -2.08.